The summed E-state index contributed by atoms with van der Waals surface area (Å²) in [7, 11) is 2.01. The number of carbonyl (C=O) groups excluding carboxylic acids is 1. The Morgan fingerprint density at radius 1 is 1.13 bits per heavy atom. The van der Waals surface area contributed by atoms with Crippen LogP contribution in [0.2, 0.25) is 0 Å². The number of halogens is 2. The van der Waals surface area contributed by atoms with Gasteiger partial charge >= 0.3 is 0 Å². The topological polar surface area (TPSA) is 69.5 Å². The van der Waals surface area contributed by atoms with Crippen LogP contribution in [0.25, 0.3) is 10.9 Å². The number of hydrogen-bond acceptors (Lipinski definition) is 5. The fraction of sp³-hybridized carbons (Fsp3) is 0.500. The van der Waals surface area contributed by atoms with Crippen LogP contribution >= 0.6 is 11.9 Å². The molecule has 3 aromatic rings. The minimum atomic E-state index is -0.932. The standard InChI is InChI=1S/C30H38F2N4O2S/c1-3-20-18-36-9-10-39-35(2)27-15-21(14-25(20)29(27)36)30(38)34-26(13-19-11-22(31)16-23(32)12-19)28(37)17-33-24-7-5-4-6-8-24/h11-12,14-16,18,24,26,28,33,37H,3-10,13,17H2,1-2H3,(H,34,38)/t26-,28+/m0/s1. The largest absolute Gasteiger partial charge is 0.390 e. The van der Waals surface area contributed by atoms with E-state index < -0.39 is 23.8 Å². The van der Waals surface area contributed by atoms with Crippen LogP contribution in [0.15, 0.2) is 36.5 Å². The summed E-state index contributed by atoms with van der Waals surface area (Å²) in [6.07, 6.45) is 7.88. The Balaban J connectivity index is 1.42. The van der Waals surface area contributed by atoms with Gasteiger partial charge in [-0.05, 0) is 73.0 Å². The lowest BCUT2D eigenvalue weighted by molar-refractivity contribution is 0.0821. The highest BCUT2D eigenvalue weighted by atomic mass is 32.2. The monoisotopic (exact) mass is 556 g/mol. The molecule has 2 heterocycles. The average molecular weight is 557 g/mol. The Bertz CT molecular complexity index is 1300. The van der Waals surface area contributed by atoms with Gasteiger partial charge in [0.25, 0.3) is 5.91 Å². The van der Waals surface area contributed by atoms with Gasteiger partial charge in [-0.3, -0.25) is 4.79 Å². The summed E-state index contributed by atoms with van der Waals surface area (Å²) < 4.78 is 32.3. The van der Waals surface area contributed by atoms with Crippen molar-refractivity contribution >= 4 is 34.4 Å². The molecule has 0 saturated heterocycles. The Morgan fingerprint density at radius 3 is 2.59 bits per heavy atom. The van der Waals surface area contributed by atoms with Gasteiger partial charge in [-0.2, -0.15) is 0 Å². The van der Waals surface area contributed by atoms with E-state index in [2.05, 4.69) is 32.6 Å². The number of amides is 1. The van der Waals surface area contributed by atoms with Crippen LogP contribution in [0.3, 0.4) is 0 Å². The molecular weight excluding hydrogens is 518 g/mol. The number of nitrogens with zero attached hydrogens (tertiary/aromatic N) is 2. The summed E-state index contributed by atoms with van der Waals surface area (Å²) in [6.45, 7) is 3.30. The molecule has 6 nitrogen and oxygen atoms in total. The lowest BCUT2D eigenvalue weighted by atomic mass is 9.94. The minimum Gasteiger partial charge on any atom is -0.390 e. The van der Waals surface area contributed by atoms with Crippen LogP contribution in [0, 0.1) is 11.6 Å². The minimum absolute atomic E-state index is 0.107. The Morgan fingerprint density at radius 2 is 1.87 bits per heavy atom. The zero-order valence-electron chi connectivity index (χ0n) is 22.7. The zero-order valence-corrected chi connectivity index (χ0v) is 23.5. The number of aliphatic hydroxyl groups excluding tert-OH is 1. The lowest BCUT2D eigenvalue weighted by Gasteiger charge is -2.28. The average Bonchev–Trinajstić information content (AvgIpc) is 3.19. The first-order valence-electron chi connectivity index (χ1n) is 14.0. The number of aromatic nitrogens is 1. The third-order valence-electron chi connectivity index (χ3n) is 8.01. The van der Waals surface area contributed by atoms with Gasteiger partial charge in [0.2, 0.25) is 0 Å². The van der Waals surface area contributed by atoms with Crippen LogP contribution in [0.1, 0.15) is 60.5 Å². The third-order valence-corrected chi connectivity index (χ3v) is 8.96. The Labute approximate surface area is 233 Å². The van der Waals surface area contributed by atoms with E-state index in [-0.39, 0.29) is 12.3 Å². The summed E-state index contributed by atoms with van der Waals surface area (Å²) in [6, 6.07) is 6.77. The number of benzene rings is 2. The Hall–Kier alpha value is -2.62. The summed E-state index contributed by atoms with van der Waals surface area (Å²) in [5, 5.41) is 18.7. The van der Waals surface area contributed by atoms with E-state index in [0.717, 1.165) is 67.1 Å². The maximum absolute atomic E-state index is 14.0. The maximum Gasteiger partial charge on any atom is 0.251 e. The highest BCUT2D eigenvalue weighted by molar-refractivity contribution is 8.00. The van der Waals surface area contributed by atoms with Crippen LogP contribution in [-0.4, -0.2) is 53.1 Å². The first kappa shape index (κ1) is 27.9. The maximum atomic E-state index is 14.0. The van der Waals surface area contributed by atoms with E-state index >= 15 is 0 Å². The van der Waals surface area contributed by atoms with Gasteiger partial charge in [-0.25, -0.2) is 8.78 Å². The van der Waals surface area contributed by atoms with Gasteiger partial charge in [0.1, 0.15) is 11.6 Å². The van der Waals surface area contributed by atoms with Crippen molar-refractivity contribution in [1.29, 1.82) is 0 Å². The second-order valence-corrected chi connectivity index (χ2v) is 12.0. The quantitative estimate of drug-likeness (QED) is 0.316. The molecule has 1 aromatic heterocycles. The van der Waals surface area contributed by atoms with Gasteiger partial charge in [0, 0.05) is 55.1 Å². The van der Waals surface area contributed by atoms with Crippen molar-refractivity contribution in [2.45, 2.75) is 76.6 Å². The molecule has 0 spiro atoms. The highest BCUT2D eigenvalue weighted by Crippen LogP contribution is 2.37. The number of rotatable bonds is 9. The third kappa shape index (κ3) is 6.42. The van der Waals surface area contributed by atoms with Crippen molar-refractivity contribution in [3.8, 4) is 0 Å². The number of hydrogen-bond donors (Lipinski definition) is 3. The van der Waals surface area contributed by atoms with Crippen molar-refractivity contribution in [3.63, 3.8) is 0 Å². The SMILES string of the molecule is CCc1cn2c3c(cc(C(=O)N[C@@H](Cc4cc(F)cc(F)c4)[C@H](O)CNC4CCCCC4)cc13)N(C)SCC2. The molecule has 0 bridgehead atoms. The van der Waals surface area contributed by atoms with E-state index in [1.54, 1.807) is 11.9 Å². The fourth-order valence-electron chi connectivity index (χ4n) is 5.92. The van der Waals surface area contributed by atoms with E-state index in [4.69, 9.17) is 0 Å². The van der Waals surface area contributed by atoms with Crippen LogP contribution in [-0.2, 0) is 19.4 Å². The Kier molecular flexibility index (Phi) is 8.79. The second-order valence-electron chi connectivity index (χ2n) is 10.8. The summed E-state index contributed by atoms with van der Waals surface area (Å²) in [5.41, 5.74) is 4.17. The van der Waals surface area contributed by atoms with Gasteiger partial charge in [0.15, 0.2) is 0 Å². The smallest absolute Gasteiger partial charge is 0.251 e. The lowest BCUT2D eigenvalue weighted by Crippen LogP contribution is -2.50. The van der Waals surface area contributed by atoms with Gasteiger partial charge in [0.05, 0.1) is 23.3 Å². The number of anilines is 1. The summed E-state index contributed by atoms with van der Waals surface area (Å²) in [4.78, 5) is 13.7. The molecule has 210 valence electrons. The van der Waals surface area contributed by atoms with Crippen LogP contribution in [0.5, 0.6) is 0 Å². The van der Waals surface area contributed by atoms with Gasteiger partial charge < -0.3 is 24.6 Å². The van der Waals surface area contributed by atoms with E-state index in [1.807, 2.05) is 19.2 Å². The molecule has 1 aliphatic heterocycles. The normalized spacial score (nSPS) is 17.7. The van der Waals surface area contributed by atoms with Crippen LogP contribution in [0.4, 0.5) is 14.5 Å². The highest BCUT2D eigenvalue weighted by Gasteiger charge is 2.26. The molecule has 0 radical (unpaired) electrons. The number of aryl methyl sites for hydroxylation is 2. The molecule has 1 saturated carbocycles. The molecule has 1 aliphatic carbocycles. The van der Waals surface area contributed by atoms with Crippen molar-refractivity contribution in [1.82, 2.24) is 15.2 Å². The second kappa shape index (κ2) is 12.3. The molecule has 1 amide bonds. The van der Waals surface area contributed by atoms with E-state index in [1.165, 1.54) is 24.1 Å². The predicted octanol–water partition coefficient (Wildman–Crippen LogP) is 5.20. The van der Waals surface area contributed by atoms with Crippen molar-refractivity contribution in [2.75, 3.05) is 23.7 Å². The first-order chi connectivity index (χ1) is 18.8. The molecule has 2 atom stereocenters. The van der Waals surface area contributed by atoms with Crippen molar-refractivity contribution < 1.29 is 18.7 Å². The number of carbonyl (C=O) groups is 1. The molecule has 0 unspecified atom stereocenters. The molecule has 39 heavy (non-hydrogen) atoms. The van der Waals surface area contributed by atoms with Crippen molar-refractivity contribution in [3.05, 3.63) is 64.9 Å². The first-order valence-corrected chi connectivity index (χ1v) is 15.0. The number of nitrogens with one attached hydrogen (secondary N) is 2. The molecule has 3 N–H and O–H groups in total. The molecule has 5 rings (SSSR count). The van der Waals surface area contributed by atoms with E-state index in [0.29, 0.717) is 23.7 Å². The summed E-state index contributed by atoms with van der Waals surface area (Å²) >= 11 is 1.71. The fourth-order valence-corrected chi connectivity index (χ4v) is 6.75. The molecule has 9 heteroatoms. The number of aliphatic hydroxyl groups is 1. The van der Waals surface area contributed by atoms with Crippen LogP contribution < -0.4 is 14.9 Å². The van der Waals surface area contributed by atoms with Crippen molar-refractivity contribution in [2.24, 2.45) is 0 Å². The molecule has 2 aliphatic rings. The zero-order chi connectivity index (χ0) is 27.5. The summed E-state index contributed by atoms with van der Waals surface area (Å²) in [5.74, 6) is -0.735. The molecule has 2 aromatic carbocycles. The molecular formula is C30H38F2N4O2S. The molecule has 1 fully saturated rings. The van der Waals surface area contributed by atoms with Gasteiger partial charge in [-0.1, -0.05) is 26.2 Å². The van der Waals surface area contributed by atoms with E-state index in [9.17, 15) is 18.7 Å². The van der Waals surface area contributed by atoms with Gasteiger partial charge in [-0.15, -0.1) is 0 Å². The predicted molar refractivity (Wildman–Crippen MR) is 154 cm³/mol.